The molecule has 1 heterocycles. The zero-order chi connectivity index (χ0) is 12.1. The molecule has 0 bridgehead atoms. The average molecular weight is 241 g/mol. The summed E-state index contributed by atoms with van der Waals surface area (Å²) in [6.45, 7) is 8.34. The van der Waals surface area contributed by atoms with E-state index in [2.05, 4.69) is 11.6 Å². The molecule has 0 spiro atoms. The first-order chi connectivity index (χ1) is 7.56. The van der Waals surface area contributed by atoms with E-state index in [1.807, 2.05) is 19.9 Å². The Balaban J connectivity index is 3.04. The van der Waals surface area contributed by atoms with Crippen molar-refractivity contribution >= 4 is 11.6 Å². The number of rotatable bonds is 5. The number of halogens is 1. The predicted octanol–water partition coefficient (Wildman–Crippen LogP) is 2.99. The Morgan fingerprint density at radius 3 is 2.88 bits per heavy atom. The van der Waals surface area contributed by atoms with Crippen LogP contribution in [0.2, 0.25) is 5.15 Å². The van der Waals surface area contributed by atoms with E-state index in [0.29, 0.717) is 6.54 Å². The standard InChI is InChI=1S/C12H17ClN2O/c1-4-5-6-7-15-11(16)8-10(13)14-12(15)9(2)3/h4,8-9H,1,5-7H2,2-3H3. The SMILES string of the molecule is C=CCCCn1c(C(C)C)nc(Cl)cc1=O. The van der Waals surface area contributed by atoms with E-state index >= 15 is 0 Å². The van der Waals surface area contributed by atoms with E-state index in [-0.39, 0.29) is 16.6 Å². The minimum Gasteiger partial charge on any atom is -0.296 e. The molecule has 0 aliphatic heterocycles. The summed E-state index contributed by atoms with van der Waals surface area (Å²) in [5, 5.41) is 0.272. The highest BCUT2D eigenvalue weighted by Gasteiger charge is 2.10. The molecule has 0 aliphatic rings. The van der Waals surface area contributed by atoms with Crippen LogP contribution in [0.4, 0.5) is 0 Å². The second kappa shape index (κ2) is 5.85. The molecule has 0 radical (unpaired) electrons. The summed E-state index contributed by atoms with van der Waals surface area (Å²) in [5.74, 6) is 0.941. The number of hydrogen-bond acceptors (Lipinski definition) is 2. The number of hydrogen-bond donors (Lipinski definition) is 0. The molecule has 1 rings (SSSR count). The molecule has 0 N–H and O–H groups in total. The molecule has 3 nitrogen and oxygen atoms in total. The molecule has 0 fully saturated rings. The van der Waals surface area contributed by atoms with Gasteiger partial charge in [-0.2, -0.15) is 0 Å². The molecular formula is C12H17ClN2O. The van der Waals surface area contributed by atoms with E-state index < -0.39 is 0 Å². The van der Waals surface area contributed by atoms with E-state index in [1.54, 1.807) is 4.57 Å². The van der Waals surface area contributed by atoms with Crippen LogP contribution in [0.5, 0.6) is 0 Å². The lowest BCUT2D eigenvalue weighted by atomic mass is 10.2. The van der Waals surface area contributed by atoms with Crippen molar-refractivity contribution in [2.24, 2.45) is 0 Å². The van der Waals surface area contributed by atoms with Gasteiger partial charge in [-0.25, -0.2) is 4.98 Å². The van der Waals surface area contributed by atoms with Gasteiger partial charge >= 0.3 is 0 Å². The highest BCUT2D eigenvalue weighted by Crippen LogP contribution is 2.13. The van der Waals surface area contributed by atoms with Crippen molar-refractivity contribution in [1.29, 1.82) is 0 Å². The fourth-order valence-electron chi connectivity index (χ4n) is 1.55. The van der Waals surface area contributed by atoms with Crippen LogP contribution in [0.1, 0.15) is 38.4 Å². The van der Waals surface area contributed by atoms with Crippen LogP contribution in [0.15, 0.2) is 23.5 Å². The molecule has 4 heteroatoms. The van der Waals surface area contributed by atoms with Gasteiger partial charge in [0, 0.05) is 18.5 Å². The lowest BCUT2D eigenvalue weighted by molar-refractivity contribution is 0.559. The van der Waals surface area contributed by atoms with Gasteiger partial charge in [0.05, 0.1) is 0 Å². The molecule has 16 heavy (non-hydrogen) atoms. The van der Waals surface area contributed by atoms with Crippen LogP contribution < -0.4 is 5.56 Å². The quantitative estimate of drug-likeness (QED) is 0.451. The first kappa shape index (κ1) is 13.0. The summed E-state index contributed by atoms with van der Waals surface area (Å²) in [5.41, 5.74) is -0.0761. The van der Waals surface area contributed by atoms with Gasteiger partial charge in [-0.05, 0) is 12.8 Å². The summed E-state index contributed by atoms with van der Waals surface area (Å²) in [6.07, 6.45) is 3.64. The minimum absolute atomic E-state index is 0.0761. The number of aromatic nitrogens is 2. The maximum absolute atomic E-state index is 11.8. The molecule has 1 aromatic rings. The molecule has 0 amide bonds. The van der Waals surface area contributed by atoms with E-state index in [4.69, 9.17) is 11.6 Å². The molecule has 1 aromatic heterocycles. The highest BCUT2D eigenvalue weighted by molar-refractivity contribution is 6.29. The Labute approximate surface area is 101 Å². The number of allylic oxidation sites excluding steroid dienone is 1. The zero-order valence-corrected chi connectivity index (χ0v) is 10.5. The van der Waals surface area contributed by atoms with Gasteiger partial charge in [-0.15, -0.1) is 6.58 Å². The van der Waals surface area contributed by atoms with Gasteiger partial charge < -0.3 is 0 Å². The fourth-order valence-corrected chi connectivity index (χ4v) is 1.73. The van der Waals surface area contributed by atoms with E-state index in [9.17, 15) is 4.79 Å². The van der Waals surface area contributed by atoms with Gasteiger partial charge in [-0.3, -0.25) is 9.36 Å². The maximum atomic E-state index is 11.8. The number of nitrogens with zero attached hydrogens (tertiary/aromatic N) is 2. The predicted molar refractivity (Wildman–Crippen MR) is 67.0 cm³/mol. The van der Waals surface area contributed by atoms with Crippen LogP contribution in [-0.4, -0.2) is 9.55 Å². The van der Waals surface area contributed by atoms with Gasteiger partial charge in [0.25, 0.3) is 5.56 Å². The van der Waals surface area contributed by atoms with Crippen molar-refractivity contribution in [2.45, 2.75) is 39.2 Å². The normalized spacial score (nSPS) is 10.8. The van der Waals surface area contributed by atoms with Crippen LogP contribution in [-0.2, 0) is 6.54 Å². The van der Waals surface area contributed by atoms with E-state index in [0.717, 1.165) is 18.7 Å². The van der Waals surface area contributed by atoms with Crippen LogP contribution in [0.25, 0.3) is 0 Å². The van der Waals surface area contributed by atoms with E-state index in [1.165, 1.54) is 6.07 Å². The fraction of sp³-hybridized carbons (Fsp3) is 0.500. The van der Waals surface area contributed by atoms with Gasteiger partial charge in [-0.1, -0.05) is 31.5 Å². The monoisotopic (exact) mass is 240 g/mol. The van der Waals surface area contributed by atoms with Crippen LogP contribution in [0, 0.1) is 0 Å². The third-order valence-corrected chi connectivity index (χ3v) is 2.51. The Morgan fingerprint density at radius 2 is 2.31 bits per heavy atom. The third-order valence-electron chi connectivity index (χ3n) is 2.31. The van der Waals surface area contributed by atoms with Gasteiger partial charge in [0.15, 0.2) is 0 Å². The summed E-state index contributed by atoms with van der Waals surface area (Å²) in [6, 6.07) is 1.36. The maximum Gasteiger partial charge on any atom is 0.254 e. The summed E-state index contributed by atoms with van der Waals surface area (Å²) in [4.78, 5) is 16.0. The van der Waals surface area contributed by atoms with Crippen molar-refractivity contribution in [3.63, 3.8) is 0 Å². The van der Waals surface area contributed by atoms with Crippen molar-refractivity contribution in [2.75, 3.05) is 0 Å². The Hall–Kier alpha value is -1.09. The van der Waals surface area contributed by atoms with Crippen molar-refractivity contribution in [3.8, 4) is 0 Å². The Morgan fingerprint density at radius 1 is 1.62 bits per heavy atom. The Kier molecular flexibility index (Phi) is 4.74. The molecule has 0 atom stereocenters. The molecular weight excluding hydrogens is 224 g/mol. The molecule has 0 aromatic carbocycles. The topological polar surface area (TPSA) is 34.9 Å². The molecule has 0 unspecified atom stereocenters. The largest absolute Gasteiger partial charge is 0.296 e. The Bertz CT molecular complexity index is 424. The molecule has 88 valence electrons. The lowest BCUT2D eigenvalue weighted by Crippen LogP contribution is -2.25. The van der Waals surface area contributed by atoms with Crippen molar-refractivity contribution in [3.05, 3.63) is 40.1 Å². The third kappa shape index (κ3) is 3.20. The van der Waals surface area contributed by atoms with Gasteiger partial charge in [0.2, 0.25) is 0 Å². The van der Waals surface area contributed by atoms with Crippen molar-refractivity contribution in [1.82, 2.24) is 9.55 Å². The van der Waals surface area contributed by atoms with Crippen molar-refractivity contribution < 1.29 is 0 Å². The second-order valence-electron chi connectivity index (χ2n) is 4.01. The first-order valence-electron chi connectivity index (χ1n) is 5.44. The molecule has 0 saturated carbocycles. The summed E-state index contributed by atoms with van der Waals surface area (Å²) in [7, 11) is 0. The zero-order valence-electron chi connectivity index (χ0n) is 9.74. The highest BCUT2D eigenvalue weighted by atomic mass is 35.5. The molecule has 0 aliphatic carbocycles. The van der Waals surface area contributed by atoms with Gasteiger partial charge in [0.1, 0.15) is 11.0 Å². The molecule has 0 saturated heterocycles. The van der Waals surface area contributed by atoms with Crippen LogP contribution in [0.3, 0.4) is 0 Å². The number of unbranched alkanes of at least 4 members (excludes halogenated alkanes) is 1. The first-order valence-corrected chi connectivity index (χ1v) is 5.82. The average Bonchev–Trinajstić information content (AvgIpc) is 2.20. The second-order valence-corrected chi connectivity index (χ2v) is 4.40. The van der Waals surface area contributed by atoms with Crippen LogP contribution >= 0.6 is 11.6 Å². The minimum atomic E-state index is -0.0761. The smallest absolute Gasteiger partial charge is 0.254 e. The summed E-state index contributed by atoms with van der Waals surface area (Å²) >= 11 is 5.79. The lowest BCUT2D eigenvalue weighted by Gasteiger charge is -2.14. The summed E-state index contributed by atoms with van der Waals surface area (Å²) < 4.78 is 1.69.